The van der Waals surface area contributed by atoms with Gasteiger partial charge in [0.2, 0.25) is 0 Å². The van der Waals surface area contributed by atoms with E-state index in [-0.39, 0.29) is 6.04 Å². The van der Waals surface area contributed by atoms with Gasteiger partial charge >= 0.3 is 0 Å². The fraction of sp³-hybridized carbons (Fsp3) is 0.571. The van der Waals surface area contributed by atoms with Gasteiger partial charge in [0.25, 0.3) is 0 Å². The van der Waals surface area contributed by atoms with Crippen LogP contribution in [0.25, 0.3) is 0 Å². The molecule has 2 heteroatoms. The van der Waals surface area contributed by atoms with Crippen molar-refractivity contribution in [1.29, 1.82) is 0 Å². The first-order valence-electron chi connectivity index (χ1n) is 6.23. The van der Waals surface area contributed by atoms with Gasteiger partial charge < -0.3 is 10.5 Å². The number of benzene rings is 1. The van der Waals surface area contributed by atoms with E-state index in [0.29, 0.717) is 0 Å². The van der Waals surface area contributed by atoms with Crippen molar-refractivity contribution in [3.8, 4) is 5.75 Å². The maximum atomic E-state index is 5.91. The zero-order chi connectivity index (χ0) is 11.8. The first-order valence-corrected chi connectivity index (χ1v) is 6.23. The molecular weight excluding hydrogens is 198 g/mol. The van der Waals surface area contributed by atoms with Crippen LogP contribution >= 0.6 is 0 Å². The molecule has 0 aliphatic rings. The normalized spacial score (nSPS) is 12.4. The Kier molecular flexibility index (Phi) is 5.94. The summed E-state index contributed by atoms with van der Waals surface area (Å²) in [7, 11) is 0. The van der Waals surface area contributed by atoms with Gasteiger partial charge in [-0.25, -0.2) is 0 Å². The first kappa shape index (κ1) is 13.0. The van der Waals surface area contributed by atoms with Crippen molar-refractivity contribution in [1.82, 2.24) is 0 Å². The number of hydrogen-bond donors (Lipinski definition) is 1. The highest BCUT2D eigenvalue weighted by Gasteiger charge is 2.01. The van der Waals surface area contributed by atoms with Gasteiger partial charge in [-0.3, -0.25) is 0 Å². The van der Waals surface area contributed by atoms with E-state index in [0.717, 1.165) is 31.6 Å². The highest BCUT2D eigenvalue weighted by molar-refractivity contribution is 5.27. The van der Waals surface area contributed by atoms with Gasteiger partial charge in [0.1, 0.15) is 5.75 Å². The zero-order valence-electron chi connectivity index (χ0n) is 10.4. The molecule has 1 rings (SSSR count). The highest BCUT2D eigenvalue weighted by atomic mass is 16.5. The maximum absolute atomic E-state index is 5.91. The van der Waals surface area contributed by atoms with E-state index in [1.54, 1.807) is 0 Å². The zero-order valence-corrected chi connectivity index (χ0v) is 10.4. The summed E-state index contributed by atoms with van der Waals surface area (Å²) in [5.41, 5.74) is 7.20. The maximum Gasteiger partial charge on any atom is 0.119 e. The van der Waals surface area contributed by atoms with Gasteiger partial charge in [0, 0.05) is 6.04 Å². The summed E-state index contributed by atoms with van der Waals surface area (Å²) in [6.45, 7) is 5.09. The second kappa shape index (κ2) is 7.29. The minimum Gasteiger partial charge on any atom is -0.494 e. The van der Waals surface area contributed by atoms with Crippen LogP contribution in [0.15, 0.2) is 24.3 Å². The number of hydrogen-bond acceptors (Lipinski definition) is 2. The third-order valence-electron chi connectivity index (χ3n) is 2.71. The lowest BCUT2D eigenvalue weighted by Gasteiger charge is -2.10. The van der Waals surface area contributed by atoms with Gasteiger partial charge in [-0.15, -0.1) is 0 Å². The minimum atomic E-state index is 0.270. The smallest absolute Gasteiger partial charge is 0.119 e. The number of ether oxygens (including phenoxy) is 1. The standard InChI is InChI=1S/C14H23NO/c1-3-5-10-16-14-8-6-12(7-9-14)11-13(15)4-2/h6-9,13H,3-5,10-11,15H2,1-2H3. The molecule has 0 aliphatic heterocycles. The second-order valence-corrected chi connectivity index (χ2v) is 4.22. The SMILES string of the molecule is CCCCOc1ccc(CC(N)CC)cc1. The Morgan fingerprint density at radius 1 is 1.19 bits per heavy atom. The molecule has 0 radical (unpaired) electrons. The minimum absolute atomic E-state index is 0.270. The largest absolute Gasteiger partial charge is 0.494 e. The van der Waals surface area contributed by atoms with Gasteiger partial charge in [-0.2, -0.15) is 0 Å². The molecule has 0 aromatic heterocycles. The number of nitrogens with two attached hydrogens (primary N) is 1. The van der Waals surface area contributed by atoms with Gasteiger partial charge in [0.05, 0.1) is 6.61 Å². The van der Waals surface area contributed by atoms with Crippen LogP contribution in [0, 0.1) is 0 Å². The van der Waals surface area contributed by atoms with Crippen LogP contribution in [0.4, 0.5) is 0 Å². The van der Waals surface area contributed by atoms with E-state index >= 15 is 0 Å². The van der Waals surface area contributed by atoms with Crippen LogP contribution in [0.5, 0.6) is 5.75 Å². The van der Waals surface area contributed by atoms with Crippen LogP contribution in [-0.4, -0.2) is 12.6 Å². The second-order valence-electron chi connectivity index (χ2n) is 4.22. The van der Waals surface area contributed by atoms with E-state index in [4.69, 9.17) is 10.5 Å². The average Bonchev–Trinajstić information content (AvgIpc) is 2.31. The van der Waals surface area contributed by atoms with E-state index in [1.165, 1.54) is 12.0 Å². The molecule has 0 fully saturated rings. The average molecular weight is 221 g/mol. The van der Waals surface area contributed by atoms with Crippen LogP contribution in [-0.2, 0) is 6.42 Å². The first-order chi connectivity index (χ1) is 7.76. The summed E-state index contributed by atoms with van der Waals surface area (Å²) in [6.07, 6.45) is 4.26. The third-order valence-corrected chi connectivity index (χ3v) is 2.71. The summed E-state index contributed by atoms with van der Waals surface area (Å²) in [6, 6.07) is 8.56. The predicted molar refractivity (Wildman–Crippen MR) is 68.8 cm³/mol. The van der Waals surface area contributed by atoms with Crippen LogP contribution in [0.1, 0.15) is 38.7 Å². The molecule has 1 atom stereocenters. The molecule has 0 spiro atoms. The topological polar surface area (TPSA) is 35.2 Å². The quantitative estimate of drug-likeness (QED) is 0.718. The Hall–Kier alpha value is -1.02. The molecule has 90 valence electrons. The molecule has 0 heterocycles. The monoisotopic (exact) mass is 221 g/mol. The van der Waals surface area contributed by atoms with Crippen molar-refractivity contribution >= 4 is 0 Å². The van der Waals surface area contributed by atoms with Gasteiger partial charge in [0.15, 0.2) is 0 Å². The number of rotatable bonds is 7. The summed E-state index contributed by atoms with van der Waals surface area (Å²) >= 11 is 0. The molecule has 0 saturated heterocycles. The van der Waals surface area contributed by atoms with Crippen molar-refractivity contribution in [3.63, 3.8) is 0 Å². The summed E-state index contributed by atoms with van der Waals surface area (Å²) in [5, 5.41) is 0. The predicted octanol–water partition coefficient (Wildman–Crippen LogP) is 3.15. The summed E-state index contributed by atoms with van der Waals surface area (Å²) < 4.78 is 5.60. The van der Waals surface area contributed by atoms with E-state index in [2.05, 4.69) is 26.0 Å². The molecule has 0 bridgehead atoms. The summed E-state index contributed by atoms with van der Waals surface area (Å²) in [5.74, 6) is 0.960. The van der Waals surface area contributed by atoms with Gasteiger partial charge in [-0.05, 0) is 37.0 Å². The van der Waals surface area contributed by atoms with Crippen molar-refractivity contribution in [3.05, 3.63) is 29.8 Å². The molecule has 2 nitrogen and oxygen atoms in total. The lowest BCUT2D eigenvalue weighted by atomic mass is 10.0. The fourth-order valence-electron chi connectivity index (χ4n) is 1.50. The van der Waals surface area contributed by atoms with Crippen LogP contribution in [0.2, 0.25) is 0 Å². The Morgan fingerprint density at radius 2 is 1.88 bits per heavy atom. The summed E-state index contributed by atoms with van der Waals surface area (Å²) in [4.78, 5) is 0. The molecule has 0 amide bonds. The highest BCUT2D eigenvalue weighted by Crippen LogP contribution is 2.14. The molecule has 1 aromatic rings. The third kappa shape index (κ3) is 4.67. The molecule has 2 N–H and O–H groups in total. The van der Waals surface area contributed by atoms with Crippen molar-refractivity contribution in [2.24, 2.45) is 5.73 Å². The lowest BCUT2D eigenvalue weighted by molar-refractivity contribution is 0.309. The van der Waals surface area contributed by atoms with Crippen molar-refractivity contribution < 1.29 is 4.74 Å². The van der Waals surface area contributed by atoms with Crippen molar-refractivity contribution in [2.75, 3.05) is 6.61 Å². The Bertz CT molecular complexity index is 281. The van der Waals surface area contributed by atoms with E-state index in [9.17, 15) is 0 Å². The molecule has 0 aliphatic carbocycles. The Labute approximate surface area is 98.8 Å². The molecular formula is C14H23NO. The van der Waals surface area contributed by atoms with Crippen LogP contribution < -0.4 is 10.5 Å². The van der Waals surface area contributed by atoms with Crippen molar-refractivity contribution in [2.45, 2.75) is 45.6 Å². The molecule has 16 heavy (non-hydrogen) atoms. The fourth-order valence-corrected chi connectivity index (χ4v) is 1.50. The molecule has 1 unspecified atom stereocenters. The van der Waals surface area contributed by atoms with E-state index < -0.39 is 0 Å². The molecule has 0 saturated carbocycles. The van der Waals surface area contributed by atoms with Gasteiger partial charge in [-0.1, -0.05) is 32.4 Å². The lowest BCUT2D eigenvalue weighted by Crippen LogP contribution is -2.21. The van der Waals surface area contributed by atoms with Crippen LogP contribution in [0.3, 0.4) is 0 Å². The Balaban J connectivity index is 2.41. The number of unbranched alkanes of at least 4 members (excludes halogenated alkanes) is 1. The Morgan fingerprint density at radius 3 is 2.44 bits per heavy atom. The van der Waals surface area contributed by atoms with E-state index in [1.807, 2.05) is 12.1 Å². The molecule has 1 aromatic carbocycles.